The van der Waals surface area contributed by atoms with Crippen molar-refractivity contribution in [1.29, 1.82) is 0 Å². The zero-order valence-electron chi connectivity index (χ0n) is 14.5. The number of ketones is 1. The van der Waals surface area contributed by atoms with Gasteiger partial charge in [0.25, 0.3) is 11.5 Å². The van der Waals surface area contributed by atoms with Crippen LogP contribution in [-0.2, 0) is 11.3 Å². The molecule has 1 N–H and O–H groups in total. The highest BCUT2D eigenvalue weighted by atomic mass is 16.5. The van der Waals surface area contributed by atoms with E-state index < -0.39 is 0 Å². The lowest BCUT2D eigenvalue weighted by Crippen LogP contribution is -2.34. The largest absolute Gasteiger partial charge is 0.484 e. The molecule has 0 aliphatic heterocycles. The van der Waals surface area contributed by atoms with Crippen molar-refractivity contribution >= 4 is 11.7 Å². The first-order chi connectivity index (χ1) is 11.9. The minimum atomic E-state index is -0.291. The lowest BCUT2D eigenvalue weighted by Gasteiger charge is -2.10. The van der Waals surface area contributed by atoms with Gasteiger partial charge in [0.1, 0.15) is 5.75 Å². The predicted octanol–water partition coefficient (Wildman–Crippen LogP) is 1.26. The van der Waals surface area contributed by atoms with Gasteiger partial charge in [0.05, 0.1) is 6.33 Å². The number of amides is 1. The molecule has 25 heavy (non-hydrogen) atoms. The average Bonchev–Trinajstić information content (AvgIpc) is 2.60. The van der Waals surface area contributed by atoms with Crippen LogP contribution in [0.5, 0.6) is 5.75 Å². The number of aryl methyl sites for hydroxylation is 1. The lowest BCUT2D eigenvalue weighted by molar-refractivity contribution is -0.123. The molecule has 7 nitrogen and oxygen atoms in total. The highest BCUT2D eigenvalue weighted by Gasteiger charge is 2.06. The number of carbonyl (C=O) groups excluding carboxylic acids is 2. The molecular formula is C18H21N3O4. The molecule has 1 aromatic carbocycles. The molecular weight excluding hydrogens is 322 g/mol. The van der Waals surface area contributed by atoms with Crippen molar-refractivity contribution in [3.8, 4) is 5.75 Å². The Balaban J connectivity index is 1.78. The van der Waals surface area contributed by atoms with Crippen LogP contribution >= 0.6 is 0 Å². The summed E-state index contributed by atoms with van der Waals surface area (Å²) in [6.07, 6.45) is 1.48. The SMILES string of the molecule is CC(=O)c1ccc(OCC(=O)NCCn2cnc(C)c(C)c2=O)cc1. The van der Waals surface area contributed by atoms with E-state index in [1.165, 1.54) is 17.8 Å². The standard InChI is InChI=1S/C18H21N3O4/c1-12-13(2)20-11-21(18(12)24)9-8-19-17(23)10-25-16-6-4-15(5-7-16)14(3)22/h4-7,11H,8-10H2,1-3H3,(H,19,23). The van der Waals surface area contributed by atoms with Crippen LogP contribution in [0.1, 0.15) is 28.5 Å². The van der Waals surface area contributed by atoms with Gasteiger partial charge in [0, 0.05) is 29.9 Å². The number of hydrogen-bond donors (Lipinski definition) is 1. The summed E-state index contributed by atoms with van der Waals surface area (Å²) in [5, 5.41) is 2.69. The maximum atomic E-state index is 12.0. The molecule has 132 valence electrons. The third-order valence-corrected chi connectivity index (χ3v) is 3.82. The smallest absolute Gasteiger partial charge is 0.258 e. The predicted molar refractivity (Wildman–Crippen MR) is 92.9 cm³/mol. The second kappa shape index (κ2) is 8.23. The van der Waals surface area contributed by atoms with Crippen LogP contribution in [-0.4, -0.2) is 34.4 Å². The fourth-order valence-corrected chi connectivity index (χ4v) is 2.14. The molecule has 0 atom stereocenters. The van der Waals surface area contributed by atoms with E-state index in [2.05, 4.69) is 10.3 Å². The maximum Gasteiger partial charge on any atom is 0.258 e. The highest BCUT2D eigenvalue weighted by Crippen LogP contribution is 2.12. The van der Waals surface area contributed by atoms with Crippen LogP contribution in [0.2, 0.25) is 0 Å². The van der Waals surface area contributed by atoms with E-state index in [1.54, 1.807) is 38.1 Å². The van der Waals surface area contributed by atoms with Crippen molar-refractivity contribution in [3.63, 3.8) is 0 Å². The zero-order valence-corrected chi connectivity index (χ0v) is 14.5. The molecule has 0 fully saturated rings. The third kappa shape index (κ3) is 5.00. The molecule has 7 heteroatoms. The van der Waals surface area contributed by atoms with Crippen LogP contribution in [0.15, 0.2) is 35.4 Å². The number of nitrogens with zero attached hydrogens (tertiary/aromatic N) is 2. The average molecular weight is 343 g/mol. The van der Waals surface area contributed by atoms with Crippen molar-refractivity contribution in [2.24, 2.45) is 0 Å². The van der Waals surface area contributed by atoms with Crippen LogP contribution in [0.4, 0.5) is 0 Å². The Bertz CT molecular complexity index is 825. The molecule has 0 saturated heterocycles. The van der Waals surface area contributed by atoms with Gasteiger partial charge in [-0.1, -0.05) is 0 Å². The fraction of sp³-hybridized carbons (Fsp3) is 0.333. The summed E-state index contributed by atoms with van der Waals surface area (Å²) in [6, 6.07) is 6.58. The van der Waals surface area contributed by atoms with Crippen molar-refractivity contribution in [1.82, 2.24) is 14.9 Å². The van der Waals surface area contributed by atoms with E-state index >= 15 is 0 Å². The summed E-state index contributed by atoms with van der Waals surface area (Å²) >= 11 is 0. The maximum absolute atomic E-state index is 12.0. The van der Waals surface area contributed by atoms with Gasteiger partial charge < -0.3 is 10.1 Å². The normalized spacial score (nSPS) is 10.4. The van der Waals surface area contributed by atoms with Gasteiger partial charge in [-0.25, -0.2) is 4.98 Å². The molecule has 0 unspecified atom stereocenters. The Morgan fingerprint density at radius 2 is 1.88 bits per heavy atom. The zero-order chi connectivity index (χ0) is 18.4. The summed E-state index contributed by atoms with van der Waals surface area (Å²) in [4.78, 5) is 39.1. The fourth-order valence-electron chi connectivity index (χ4n) is 2.14. The van der Waals surface area contributed by atoms with Gasteiger partial charge in [-0.3, -0.25) is 19.0 Å². The van der Waals surface area contributed by atoms with Gasteiger partial charge in [-0.05, 0) is 45.0 Å². The summed E-state index contributed by atoms with van der Waals surface area (Å²) < 4.78 is 6.82. The minimum Gasteiger partial charge on any atom is -0.484 e. The van der Waals surface area contributed by atoms with Gasteiger partial charge in [-0.2, -0.15) is 0 Å². The number of aromatic nitrogens is 2. The number of rotatable bonds is 7. The van der Waals surface area contributed by atoms with Crippen molar-refractivity contribution in [3.05, 3.63) is 57.8 Å². The third-order valence-electron chi connectivity index (χ3n) is 3.82. The van der Waals surface area contributed by atoms with E-state index in [-0.39, 0.29) is 23.9 Å². The number of hydrogen-bond acceptors (Lipinski definition) is 5. The summed E-state index contributed by atoms with van der Waals surface area (Å²) in [7, 11) is 0. The molecule has 0 aliphatic carbocycles. The number of nitrogens with one attached hydrogen (secondary N) is 1. The monoisotopic (exact) mass is 343 g/mol. The Morgan fingerprint density at radius 3 is 2.52 bits per heavy atom. The molecule has 0 saturated carbocycles. The van der Waals surface area contributed by atoms with Gasteiger partial charge in [-0.15, -0.1) is 0 Å². The second-order valence-corrected chi connectivity index (χ2v) is 5.67. The van der Waals surface area contributed by atoms with Crippen LogP contribution in [0, 0.1) is 13.8 Å². The van der Waals surface area contributed by atoms with Gasteiger partial charge >= 0.3 is 0 Å². The van der Waals surface area contributed by atoms with Crippen LogP contribution < -0.4 is 15.6 Å². The number of Topliss-reactive ketones (excluding diaryl/α,β-unsaturated/α-hetero) is 1. The van der Waals surface area contributed by atoms with Crippen molar-refractivity contribution in [2.45, 2.75) is 27.3 Å². The molecule has 1 heterocycles. The second-order valence-electron chi connectivity index (χ2n) is 5.67. The van der Waals surface area contributed by atoms with Crippen molar-refractivity contribution in [2.75, 3.05) is 13.2 Å². The van der Waals surface area contributed by atoms with Crippen LogP contribution in [0.25, 0.3) is 0 Å². The van der Waals surface area contributed by atoms with Gasteiger partial charge in [0.15, 0.2) is 12.4 Å². The molecule has 2 aromatic rings. The molecule has 0 bridgehead atoms. The first-order valence-electron chi connectivity index (χ1n) is 7.91. The first kappa shape index (κ1) is 18.4. The molecule has 0 spiro atoms. The molecule has 0 radical (unpaired) electrons. The molecule has 1 amide bonds. The minimum absolute atomic E-state index is 0.0274. The summed E-state index contributed by atoms with van der Waals surface area (Å²) in [5.41, 5.74) is 1.79. The Labute approximate surface area is 145 Å². The lowest BCUT2D eigenvalue weighted by atomic mass is 10.1. The Kier molecular flexibility index (Phi) is 6.05. The van der Waals surface area contributed by atoms with E-state index in [0.717, 1.165) is 0 Å². The summed E-state index contributed by atoms with van der Waals surface area (Å²) in [5.74, 6) is 0.190. The van der Waals surface area contributed by atoms with Gasteiger partial charge in [0.2, 0.25) is 0 Å². The Morgan fingerprint density at radius 1 is 1.20 bits per heavy atom. The van der Waals surface area contributed by atoms with E-state index in [9.17, 15) is 14.4 Å². The molecule has 2 rings (SSSR count). The Hall–Kier alpha value is -2.96. The van der Waals surface area contributed by atoms with E-state index in [1.807, 2.05) is 0 Å². The number of carbonyl (C=O) groups is 2. The highest BCUT2D eigenvalue weighted by molar-refractivity contribution is 5.94. The molecule has 1 aromatic heterocycles. The van der Waals surface area contributed by atoms with E-state index in [4.69, 9.17) is 4.74 Å². The van der Waals surface area contributed by atoms with Crippen molar-refractivity contribution < 1.29 is 14.3 Å². The topological polar surface area (TPSA) is 90.3 Å². The van der Waals surface area contributed by atoms with E-state index in [0.29, 0.717) is 35.7 Å². The number of ether oxygens (including phenoxy) is 1. The number of benzene rings is 1. The van der Waals surface area contributed by atoms with Crippen LogP contribution in [0.3, 0.4) is 0 Å². The molecule has 0 aliphatic rings. The summed E-state index contributed by atoms with van der Waals surface area (Å²) in [6.45, 7) is 5.49. The first-order valence-corrected chi connectivity index (χ1v) is 7.91. The quantitative estimate of drug-likeness (QED) is 0.764.